The summed E-state index contributed by atoms with van der Waals surface area (Å²) < 4.78 is 39.9. The van der Waals surface area contributed by atoms with Crippen LogP contribution >= 0.6 is 0 Å². The highest BCUT2D eigenvalue weighted by atomic mass is 19.4. The van der Waals surface area contributed by atoms with E-state index in [9.17, 15) is 18.0 Å². The van der Waals surface area contributed by atoms with E-state index in [1.165, 1.54) is 0 Å². The van der Waals surface area contributed by atoms with Gasteiger partial charge in [0.25, 0.3) is 0 Å². The maximum absolute atomic E-state index is 13.3. The van der Waals surface area contributed by atoms with Crippen molar-refractivity contribution < 1.29 is 22.8 Å². The van der Waals surface area contributed by atoms with Crippen LogP contribution in [0.25, 0.3) is 0 Å². The van der Waals surface area contributed by atoms with Crippen LogP contribution in [-0.2, 0) is 11.4 Å². The van der Waals surface area contributed by atoms with Crippen LogP contribution in [-0.4, -0.2) is 28.8 Å². The standard InChI is InChI=1S/C17H15F3N2O2/c18-17(19,20)22-15(14-9-5-2-6-10-14)11-21(16(22)23)24-12-13-7-3-1-4-8-13/h1-10,15H,11-12H2. The van der Waals surface area contributed by atoms with E-state index in [0.29, 0.717) is 5.56 Å². The number of hydrogen-bond donors (Lipinski definition) is 0. The Bertz CT molecular complexity index is 692. The summed E-state index contributed by atoms with van der Waals surface area (Å²) in [5.74, 6) is 0. The fourth-order valence-electron chi connectivity index (χ4n) is 2.62. The van der Waals surface area contributed by atoms with Crippen LogP contribution in [0.1, 0.15) is 17.2 Å². The molecule has 0 aromatic heterocycles. The van der Waals surface area contributed by atoms with Crippen molar-refractivity contribution in [2.24, 2.45) is 0 Å². The van der Waals surface area contributed by atoms with Crippen molar-refractivity contribution in [1.82, 2.24) is 9.96 Å². The van der Waals surface area contributed by atoms with Crippen LogP contribution in [0.15, 0.2) is 60.7 Å². The Morgan fingerprint density at radius 1 is 1.00 bits per heavy atom. The van der Waals surface area contributed by atoms with Crippen molar-refractivity contribution in [1.29, 1.82) is 0 Å². The van der Waals surface area contributed by atoms with Gasteiger partial charge in [0.2, 0.25) is 0 Å². The summed E-state index contributed by atoms with van der Waals surface area (Å²) in [4.78, 5) is 17.4. The molecule has 1 saturated heterocycles. The molecule has 3 rings (SSSR count). The number of halogens is 3. The highest BCUT2D eigenvalue weighted by molar-refractivity contribution is 5.76. The Morgan fingerprint density at radius 3 is 2.17 bits per heavy atom. The molecule has 1 heterocycles. The van der Waals surface area contributed by atoms with Crippen molar-refractivity contribution >= 4 is 6.03 Å². The minimum atomic E-state index is -4.78. The topological polar surface area (TPSA) is 32.8 Å². The molecule has 1 unspecified atom stereocenters. The lowest BCUT2D eigenvalue weighted by Crippen LogP contribution is -2.42. The molecular formula is C17H15F3N2O2. The maximum atomic E-state index is 13.3. The summed E-state index contributed by atoms with van der Waals surface area (Å²) in [6.45, 7) is -0.158. The van der Waals surface area contributed by atoms with E-state index in [2.05, 4.69) is 0 Å². The van der Waals surface area contributed by atoms with Crippen LogP contribution in [0.2, 0.25) is 0 Å². The number of rotatable bonds is 4. The highest BCUT2D eigenvalue weighted by Crippen LogP contribution is 2.38. The molecule has 4 nitrogen and oxygen atoms in total. The molecule has 0 bridgehead atoms. The van der Waals surface area contributed by atoms with E-state index in [1.54, 1.807) is 54.6 Å². The van der Waals surface area contributed by atoms with E-state index in [-0.39, 0.29) is 18.1 Å². The van der Waals surface area contributed by atoms with E-state index >= 15 is 0 Å². The zero-order chi connectivity index (χ0) is 17.2. The number of alkyl halides is 3. The van der Waals surface area contributed by atoms with Gasteiger partial charge in [-0.2, -0.15) is 0 Å². The van der Waals surface area contributed by atoms with Gasteiger partial charge in [-0.05, 0) is 11.1 Å². The highest BCUT2D eigenvalue weighted by Gasteiger charge is 2.53. The summed E-state index contributed by atoms with van der Waals surface area (Å²) in [5.41, 5.74) is 1.18. The van der Waals surface area contributed by atoms with Gasteiger partial charge in [0.05, 0.1) is 12.6 Å². The summed E-state index contributed by atoms with van der Waals surface area (Å²) in [6.07, 6.45) is -4.78. The van der Waals surface area contributed by atoms with Gasteiger partial charge in [-0.15, -0.1) is 13.2 Å². The number of nitrogens with zero attached hydrogens (tertiary/aromatic N) is 2. The molecule has 0 N–H and O–H groups in total. The minimum Gasteiger partial charge on any atom is -0.265 e. The Balaban J connectivity index is 1.79. The summed E-state index contributed by atoms with van der Waals surface area (Å²) >= 11 is 0. The lowest BCUT2D eigenvalue weighted by molar-refractivity contribution is -0.231. The van der Waals surface area contributed by atoms with Gasteiger partial charge in [0.1, 0.15) is 6.61 Å². The Labute approximate surface area is 137 Å². The van der Waals surface area contributed by atoms with E-state index in [0.717, 1.165) is 10.6 Å². The smallest absolute Gasteiger partial charge is 0.265 e. The van der Waals surface area contributed by atoms with Gasteiger partial charge >= 0.3 is 12.3 Å². The molecule has 126 valence electrons. The monoisotopic (exact) mass is 336 g/mol. The number of amides is 2. The number of carbonyl (C=O) groups is 1. The third-order valence-corrected chi connectivity index (χ3v) is 3.76. The Kier molecular flexibility index (Phi) is 4.44. The average Bonchev–Trinajstić information content (AvgIpc) is 2.91. The summed E-state index contributed by atoms with van der Waals surface area (Å²) in [6, 6.07) is 14.7. The van der Waals surface area contributed by atoms with Crippen LogP contribution < -0.4 is 0 Å². The van der Waals surface area contributed by atoms with Gasteiger partial charge in [-0.25, -0.2) is 14.8 Å². The second kappa shape index (κ2) is 6.52. The molecule has 24 heavy (non-hydrogen) atoms. The van der Waals surface area contributed by atoms with E-state index in [1.807, 2.05) is 6.07 Å². The molecule has 2 aromatic rings. The number of hydroxylamine groups is 2. The Hall–Kier alpha value is -2.54. The second-order valence-electron chi connectivity index (χ2n) is 5.37. The zero-order valence-electron chi connectivity index (χ0n) is 12.6. The second-order valence-corrected chi connectivity index (χ2v) is 5.37. The number of benzene rings is 2. The minimum absolute atomic E-state index is 0.0276. The van der Waals surface area contributed by atoms with Crippen molar-refractivity contribution in [2.45, 2.75) is 18.9 Å². The third kappa shape index (κ3) is 3.35. The first-order valence-corrected chi connectivity index (χ1v) is 7.36. The molecule has 2 amide bonds. The fourth-order valence-corrected chi connectivity index (χ4v) is 2.62. The predicted molar refractivity (Wildman–Crippen MR) is 80.4 cm³/mol. The molecule has 0 saturated carbocycles. The van der Waals surface area contributed by atoms with Gasteiger partial charge in [-0.1, -0.05) is 60.7 Å². The van der Waals surface area contributed by atoms with Gasteiger partial charge in [-0.3, -0.25) is 4.84 Å². The predicted octanol–water partition coefficient (Wildman–Crippen LogP) is 4.12. The molecule has 7 heteroatoms. The van der Waals surface area contributed by atoms with Crippen LogP contribution in [0.4, 0.5) is 18.0 Å². The molecule has 2 aromatic carbocycles. The van der Waals surface area contributed by atoms with Gasteiger partial charge < -0.3 is 0 Å². The van der Waals surface area contributed by atoms with Crippen LogP contribution in [0.3, 0.4) is 0 Å². The van der Waals surface area contributed by atoms with Gasteiger partial charge in [0.15, 0.2) is 0 Å². The van der Waals surface area contributed by atoms with Crippen LogP contribution in [0.5, 0.6) is 0 Å². The quantitative estimate of drug-likeness (QED) is 0.787. The van der Waals surface area contributed by atoms with Crippen LogP contribution in [0, 0.1) is 0 Å². The first-order valence-electron chi connectivity index (χ1n) is 7.36. The molecule has 1 aliphatic heterocycles. The summed E-state index contributed by atoms with van der Waals surface area (Å²) in [5, 5.41) is 0.776. The molecule has 0 aliphatic carbocycles. The first-order chi connectivity index (χ1) is 11.5. The van der Waals surface area contributed by atoms with Crippen molar-refractivity contribution in [3.8, 4) is 0 Å². The average molecular weight is 336 g/mol. The van der Waals surface area contributed by atoms with Gasteiger partial charge in [0, 0.05) is 0 Å². The van der Waals surface area contributed by atoms with Crippen molar-refractivity contribution in [3.05, 3.63) is 71.8 Å². The number of urea groups is 1. The Morgan fingerprint density at radius 2 is 1.58 bits per heavy atom. The number of hydrogen-bond acceptors (Lipinski definition) is 2. The molecule has 1 atom stereocenters. The zero-order valence-corrected chi connectivity index (χ0v) is 12.6. The molecular weight excluding hydrogens is 321 g/mol. The van der Waals surface area contributed by atoms with Crippen molar-refractivity contribution in [2.75, 3.05) is 6.54 Å². The lowest BCUT2D eigenvalue weighted by atomic mass is 10.1. The first kappa shape index (κ1) is 16.3. The SMILES string of the molecule is O=C1N(OCc2ccccc2)CC(c2ccccc2)N1C(F)(F)F. The van der Waals surface area contributed by atoms with E-state index in [4.69, 9.17) is 4.84 Å². The van der Waals surface area contributed by atoms with Crippen molar-refractivity contribution in [3.63, 3.8) is 0 Å². The molecule has 1 aliphatic rings. The van der Waals surface area contributed by atoms with E-state index < -0.39 is 18.4 Å². The normalized spacial score (nSPS) is 18.3. The fraction of sp³-hybridized carbons (Fsp3) is 0.235. The molecule has 0 radical (unpaired) electrons. The summed E-state index contributed by atoms with van der Waals surface area (Å²) in [7, 11) is 0. The lowest BCUT2D eigenvalue weighted by Gasteiger charge is -2.25. The largest absolute Gasteiger partial charge is 0.489 e. The maximum Gasteiger partial charge on any atom is 0.489 e. The molecule has 1 fully saturated rings. The number of carbonyl (C=O) groups excluding carboxylic acids is 1. The third-order valence-electron chi connectivity index (χ3n) is 3.76. The molecule has 0 spiro atoms.